The van der Waals surface area contributed by atoms with E-state index in [4.69, 9.17) is 29.1 Å². The van der Waals surface area contributed by atoms with E-state index in [0.29, 0.717) is 31.9 Å². The van der Waals surface area contributed by atoms with Gasteiger partial charge in [0.1, 0.15) is 34.0 Å². The van der Waals surface area contributed by atoms with Crippen molar-refractivity contribution in [1.82, 2.24) is 24.5 Å². The van der Waals surface area contributed by atoms with Crippen molar-refractivity contribution in [3.05, 3.63) is 105 Å². The summed E-state index contributed by atoms with van der Waals surface area (Å²) in [5, 5.41) is 11.3. The van der Waals surface area contributed by atoms with Crippen LogP contribution in [0.4, 0.5) is 4.79 Å². The Bertz CT molecular complexity index is 2600. The Morgan fingerprint density at radius 1 is 0.769 bits per heavy atom. The highest BCUT2D eigenvalue weighted by Crippen LogP contribution is 2.44. The van der Waals surface area contributed by atoms with Gasteiger partial charge in [-0.15, -0.1) is 10.2 Å². The maximum absolute atomic E-state index is 16.0. The molecule has 352 valence electrons. The van der Waals surface area contributed by atoms with Gasteiger partial charge in [-0.25, -0.2) is 21.6 Å². The number of aromatic nitrogens is 4. The molecule has 0 radical (unpaired) electrons. The number of nitrogens with two attached hydrogens (primary N) is 1. The lowest BCUT2D eigenvalue weighted by molar-refractivity contribution is 0.0485. The first-order valence-corrected chi connectivity index (χ1v) is 27.6. The smallest absolute Gasteiger partial charge is 0.404 e. The normalized spacial score (nSPS) is 13.6. The third-order valence-electron chi connectivity index (χ3n) is 11.4. The summed E-state index contributed by atoms with van der Waals surface area (Å²) in [6.45, 7) is 14.6. The molecule has 2 atom stereocenters. The summed E-state index contributed by atoms with van der Waals surface area (Å²) in [6.07, 6.45) is -2.33. The summed E-state index contributed by atoms with van der Waals surface area (Å²) >= 11 is 1.96. The number of tetrazole rings is 1. The molecule has 0 spiro atoms. The highest BCUT2D eigenvalue weighted by molar-refractivity contribution is 14.1. The Kier molecular flexibility index (Phi) is 16.2. The Morgan fingerprint density at radius 3 is 1.68 bits per heavy atom. The number of hydrogen-bond donors (Lipinski definition) is 1. The number of methoxy groups -OCH3 is 3. The third kappa shape index (κ3) is 12.2. The summed E-state index contributed by atoms with van der Waals surface area (Å²) in [5.74, 6) is 1.64. The maximum atomic E-state index is 16.0. The molecule has 1 aromatic heterocycles. The van der Waals surface area contributed by atoms with E-state index in [1.165, 1.54) is 35.5 Å². The van der Waals surface area contributed by atoms with Gasteiger partial charge < -0.3 is 29.1 Å². The van der Waals surface area contributed by atoms with Crippen molar-refractivity contribution >= 4 is 56.9 Å². The number of benzene rings is 4. The number of hydrogen-bond acceptors (Lipinski definition) is 13. The quantitative estimate of drug-likeness (QED) is 0.0614. The Labute approximate surface area is 397 Å². The van der Waals surface area contributed by atoms with Crippen molar-refractivity contribution in [2.24, 2.45) is 11.1 Å². The molecule has 16 nitrogen and oxygen atoms in total. The molecule has 0 aliphatic rings. The minimum atomic E-state index is -4.89. The van der Waals surface area contributed by atoms with Crippen molar-refractivity contribution in [3.8, 4) is 28.6 Å². The SMILES string of the molecule is COc1ccc(CN(Cc2ccc(OC)cc2)S(=O)(=O)c2c(S(=O)(=O)[C@H](COC(N)=O)C(O[Si](C)(C)C(C)(C)C)C(C)(C)C)ccc(I)c2-c2nnn(Cc3ccc(OC)cc3)n2)cc1. The van der Waals surface area contributed by atoms with Crippen molar-refractivity contribution in [2.75, 3.05) is 27.9 Å². The Balaban J connectivity index is 1.82. The standard InChI is InChI=1S/C45H59IN6O10S2Si/c1-44(2,3)41(62-65(10,11)45(4,5)6)38(29-61-43(47)53)63(54,55)37-25-24-36(46)39(42-48-50-52(49-42)28-32-16-22-35(60-9)23-17-32)40(37)64(56,57)51(26-30-12-18-33(58-7)19-13-30)27-31-14-20-34(59-8)21-15-31/h12-25,38,41H,26-29H2,1-11H3,(H2,47,53)/t38-,41?/m1/s1. The summed E-state index contributed by atoms with van der Waals surface area (Å²) in [5.41, 5.74) is 6.50. The zero-order valence-corrected chi connectivity index (χ0v) is 43.4. The number of amides is 1. The predicted octanol–water partition coefficient (Wildman–Crippen LogP) is 8.08. The zero-order valence-electron chi connectivity index (χ0n) is 38.7. The monoisotopic (exact) mass is 1060 g/mol. The van der Waals surface area contributed by atoms with Crippen LogP contribution < -0.4 is 19.9 Å². The van der Waals surface area contributed by atoms with Crippen molar-refractivity contribution in [3.63, 3.8) is 0 Å². The molecule has 5 rings (SSSR count). The van der Waals surface area contributed by atoms with E-state index < -0.39 is 67.4 Å². The van der Waals surface area contributed by atoms with Crippen LogP contribution in [0.3, 0.4) is 0 Å². The highest BCUT2D eigenvalue weighted by Gasteiger charge is 2.50. The molecule has 0 aliphatic carbocycles. The molecule has 0 saturated heterocycles. The van der Waals surface area contributed by atoms with Gasteiger partial charge >= 0.3 is 6.09 Å². The van der Waals surface area contributed by atoms with Crippen LogP contribution in [-0.4, -0.2) is 95.0 Å². The average molecular weight is 1060 g/mol. The molecule has 20 heteroatoms. The number of carbonyl (C=O) groups is 1. The zero-order chi connectivity index (χ0) is 48.1. The van der Waals surface area contributed by atoms with Crippen molar-refractivity contribution in [2.45, 2.75) is 100 Å². The van der Waals surface area contributed by atoms with E-state index in [9.17, 15) is 4.79 Å². The number of rotatable bonds is 19. The maximum Gasteiger partial charge on any atom is 0.404 e. The number of halogens is 1. The number of sulfonamides is 1. The Morgan fingerprint density at radius 2 is 1.25 bits per heavy atom. The molecule has 1 unspecified atom stereocenters. The molecule has 1 heterocycles. The van der Waals surface area contributed by atoms with Crippen molar-refractivity contribution in [1.29, 1.82) is 0 Å². The molecule has 5 aromatic rings. The molecular weight excluding hydrogens is 1000 g/mol. The first-order valence-electron chi connectivity index (χ1n) is 20.7. The molecule has 0 fully saturated rings. The fraction of sp³-hybridized carbons (Fsp3) is 0.422. The van der Waals surface area contributed by atoms with Crippen LogP contribution in [0, 0.1) is 8.99 Å². The van der Waals surface area contributed by atoms with Crippen LogP contribution >= 0.6 is 22.6 Å². The van der Waals surface area contributed by atoms with E-state index in [0.717, 1.165) is 5.56 Å². The van der Waals surface area contributed by atoms with Crippen LogP contribution in [-0.2, 0) is 48.7 Å². The number of nitrogens with zero attached hydrogens (tertiary/aromatic N) is 5. The summed E-state index contributed by atoms with van der Waals surface area (Å²) < 4.78 is 93.4. The van der Waals surface area contributed by atoms with Crippen LogP contribution in [0.1, 0.15) is 58.2 Å². The van der Waals surface area contributed by atoms with E-state index in [-0.39, 0.29) is 36.1 Å². The van der Waals surface area contributed by atoms with Gasteiger partial charge in [-0.3, -0.25) is 0 Å². The van der Waals surface area contributed by atoms with Crippen LogP contribution in [0.5, 0.6) is 17.2 Å². The van der Waals surface area contributed by atoms with Crippen LogP contribution in [0.2, 0.25) is 18.1 Å². The predicted molar refractivity (Wildman–Crippen MR) is 259 cm³/mol. The van der Waals surface area contributed by atoms with Crippen LogP contribution in [0.15, 0.2) is 94.7 Å². The third-order valence-corrected chi connectivity index (χ3v) is 20.9. The average Bonchev–Trinajstić information content (AvgIpc) is 3.70. The van der Waals surface area contributed by atoms with Crippen molar-refractivity contribution < 1.29 is 45.0 Å². The topological polar surface area (TPSA) is 204 Å². The fourth-order valence-electron chi connectivity index (χ4n) is 6.73. The van der Waals surface area contributed by atoms with Gasteiger partial charge in [0.05, 0.1) is 44.4 Å². The number of primary amides is 1. The molecule has 1 amide bonds. The first-order chi connectivity index (χ1) is 30.3. The number of ether oxygens (including phenoxy) is 4. The van der Waals surface area contributed by atoms with Gasteiger partial charge in [0.25, 0.3) is 0 Å². The fourth-order valence-corrected chi connectivity index (χ4v) is 13.5. The highest BCUT2D eigenvalue weighted by atomic mass is 127. The van der Waals surface area contributed by atoms with E-state index in [1.54, 1.807) is 67.8 Å². The minimum Gasteiger partial charge on any atom is -0.497 e. The largest absolute Gasteiger partial charge is 0.497 e. The molecule has 0 aliphatic heterocycles. The minimum absolute atomic E-state index is 0.0886. The molecule has 0 saturated carbocycles. The lowest BCUT2D eigenvalue weighted by atomic mass is 9.87. The summed E-state index contributed by atoms with van der Waals surface area (Å²) in [7, 11) is -7.92. The molecule has 0 bridgehead atoms. The summed E-state index contributed by atoms with van der Waals surface area (Å²) in [6, 6.07) is 23.8. The van der Waals surface area contributed by atoms with E-state index >= 15 is 16.8 Å². The molecule has 2 N–H and O–H groups in total. The Hall–Kier alpha value is -4.61. The van der Waals surface area contributed by atoms with E-state index in [1.807, 2.05) is 89.4 Å². The first kappa shape index (κ1) is 51.4. The second-order valence-electron chi connectivity index (χ2n) is 18.1. The van der Waals surface area contributed by atoms with Crippen LogP contribution in [0.25, 0.3) is 11.4 Å². The second-order valence-corrected chi connectivity index (χ2v) is 28.0. The van der Waals surface area contributed by atoms with Gasteiger partial charge in [-0.2, -0.15) is 9.10 Å². The number of sulfone groups is 1. The lowest BCUT2D eigenvalue weighted by Gasteiger charge is -2.45. The molecule has 4 aromatic carbocycles. The molecule has 65 heavy (non-hydrogen) atoms. The van der Waals surface area contributed by atoms with Gasteiger partial charge in [-0.05, 0) is 117 Å². The van der Waals surface area contributed by atoms with Gasteiger partial charge in [-0.1, -0.05) is 77.9 Å². The van der Waals surface area contributed by atoms with E-state index in [2.05, 4.69) is 15.4 Å². The lowest BCUT2D eigenvalue weighted by Crippen LogP contribution is -2.55. The van der Waals surface area contributed by atoms with Gasteiger partial charge in [0.15, 0.2) is 18.2 Å². The number of carbonyl (C=O) groups excluding carboxylic acids is 1. The van der Waals surface area contributed by atoms with Gasteiger partial charge in [0.2, 0.25) is 15.8 Å². The molecular formula is C45H59IN6O10S2Si. The second kappa shape index (κ2) is 20.5. The summed E-state index contributed by atoms with van der Waals surface area (Å²) in [4.78, 5) is 12.4. The van der Waals surface area contributed by atoms with Gasteiger partial charge in [0, 0.05) is 16.7 Å².